The lowest BCUT2D eigenvalue weighted by Crippen LogP contribution is -2.57. The van der Waals surface area contributed by atoms with Crippen molar-refractivity contribution < 1.29 is 14.3 Å². The Balaban J connectivity index is 2.97. The molecular weight excluding hydrogens is 288 g/mol. The predicted octanol–water partition coefficient (Wildman–Crippen LogP) is 3.83. The molecule has 0 unspecified atom stereocenters. The Kier molecular flexibility index (Phi) is 5.30. The van der Waals surface area contributed by atoms with Gasteiger partial charge in [0, 0.05) is 11.5 Å². The lowest BCUT2D eigenvalue weighted by atomic mass is 9.97. The van der Waals surface area contributed by atoms with E-state index in [1.165, 1.54) is 4.90 Å². The minimum atomic E-state index is -2.01. The second kappa shape index (κ2) is 6.25. The topological polar surface area (TPSA) is 98.5 Å². The number of azide groups is 1. The van der Waals surface area contributed by atoms with Crippen LogP contribution in [0.25, 0.3) is 10.4 Å². The number of hydrogen-bond donors (Lipinski definition) is 1. The molecule has 1 heterocycles. The Bertz CT molecular complexity index is 443. The fourth-order valence-electron chi connectivity index (χ4n) is 2.24. The molecule has 120 valence electrons. The zero-order valence-corrected chi connectivity index (χ0v) is 14.7. The van der Waals surface area contributed by atoms with Crippen LogP contribution in [-0.4, -0.2) is 49.1 Å². The molecule has 1 fully saturated rings. The predicted molar refractivity (Wildman–Crippen MR) is 83.8 cm³/mol. The second-order valence-electron chi connectivity index (χ2n) is 7.19. The first kappa shape index (κ1) is 17.8. The Morgan fingerprint density at radius 1 is 1.48 bits per heavy atom. The molecule has 1 aliphatic heterocycles. The van der Waals surface area contributed by atoms with Crippen molar-refractivity contribution >= 4 is 14.4 Å². The molecule has 0 aromatic rings. The van der Waals surface area contributed by atoms with Gasteiger partial charge in [-0.2, -0.15) is 0 Å². The fraction of sp³-hybridized carbons (Fsp3) is 0.923. The number of carbonyl (C=O) groups is 1. The fourth-order valence-corrected chi connectivity index (χ4v) is 3.65. The van der Waals surface area contributed by atoms with Gasteiger partial charge in [-0.3, -0.25) is 0 Å². The number of amides is 1. The lowest BCUT2D eigenvalue weighted by Gasteiger charge is -2.46. The molecular formula is C13H26N4O3Si. The van der Waals surface area contributed by atoms with Gasteiger partial charge in [-0.1, -0.05) is 25.9 Å². The lowest BCUT2D eigenvalue weighted by molar-refractivity contribution is 0.0230. The van der Waals surface area contributed by atoms with Crippen LogP contribution in [0.3, 0.4) is 0 Å². The van der Waals surface area contributed by atoms with E-state index >= 15 is 0 Å². The molecule has 0 aromatic heterocycles. The van der Waals surface area contributed by atoms with Gasteiger partial charge < -0.3 is 14.4 Å². The molecule has 3 atom stereocenters. The largest absolute Gasteiger partial charge is 0.465 e. The third kappa shape index (κ3) is 4.12. The van der Waals surface area contributed by atoms with Gasteiger partial charge in [0.15, 0.2) is 8.32 Å². The molecule has 1 amide bonds. The molecule has 0 saturated carbocycles. The minimum absolute atomic E-state index is 0.0478. The van der Waals surface area contributed by atoms with Crippen LogP contribution < -0.4 is 0 Å². The Labute approximate surface area is 127 Å². The highest BCUT2D eigenvalue weighted by Crippen LogP contribution is 2.39. The second-order valence-corrected chi connectivity index (χ2v) is 11.9. The molecule has 1 N–H and O–H groups in total. The molecule has 1 saturated heterocycles. The van der Waals surface area contributed by atoms with E-state index in [9.17, 15) is 9.90 Å². The molecule has 1 rings (SSSR count). The van der Waals surface area contributed by atoms with Crippen molar-refractivity contribution in [3.8, 4) is 0 Å². The number of piperidine rings is 1. The van der Waals surface area contributed by atoms with E-state index in [1.807, 2.05) is 6.92 Å². The molecule has 7 nitrogen and oxygen atoms in total. The van der Waals surface area contributed by atoms with Gasteiger partial charge >= 0.3 is 6.09 Å². The van der Waals surface area contributed by atoms with E-state index in [1.54, 1.807) is 0 Å². The number of nitrogens with zero attached hydrogens (tertiary/aromatic N) is 4. The van der Waals surface area contributed by atoms with Crippen molar-refractivity contribution in [1.82, 2.24) is 4.90 Å². The van der Waals surface area contributed by atoms with Gasteiger partial charge in [-0.05, 0) is 37.0 Å². The number of carboxylic acid groups (broad SMARTS) is 1. The highest BCUT2D eigenvalue weighted by atomic mass is 28.4. The van der Waals surface area contributed by atoms with Crippen molar-refractivity contribution in [2.24, 2.45) is 5.11 Å². The van der Waals surface area contributed by atoms with E-state index in [0.29, 0.717) is 6.42 Å². The number of rotatable bonds is 3. The molecule has 21 heavy (non-hydrogen) atoms. The summed E-state index contributed by atoms with van der Waals surface area (Å²) < 4.78 is 6.36. The van der Waals surface area contributed by atoms with Crippen LogP contribution in [0.4, 0.5) is 4.79 Å². The maximum atomic E-state index is 11.4. The summed E-state index contributed by atoms with van der Waals surface area (Å²) in [5.41, 5.74) is 8.62. The zero-order valence-electron chi connectivity index (χ0n) is 13.7. The summed E-state index contributed by atoms with van der Waals surface area (Å²) in [6, 6.07) is -0.598. The van der Waals surface area contributed by atoms with Crippen LogP contribution in [0.5, 0.6) is 0 Å². The highest BCUT2D eigenvalue weighted by molar-refractivity contribution is 6.74. The van der Waals surface area contributed by atoms with Crippen LogP contribution in [0.1, 0.15) is 34.1 Å². The van der Waals surface area contributed by atoms with Crippen LogP contribution in [0, 0.1) is 0 Å². The number of likely N-dealkylation sites (tertiary alicyclic amines) is 1. The van der Waals surface area contributed by atoms with Gasteiger partial charge in [0.25, 0.3) is 0 Å². The van der Waals surface area contributed by atoms with Crippen molar-refractivity contribution in [2.45, 2.75) is 70.4 Å². The first-order chi connectivity index (χ1) is 9.49. The summed E-state index contributed by atoms with van der Waals surface area (Å²) >= 11 is 0. The van der Waals surface area contributed by atoms with E-state index in [0.717, 1.165) is 0 Å². The quantitative estimate of drug-likeness (QED) is 0.371. The molecule has 1 aliphatic rings. The van der Waals surface area contributed by atoms with Gasteiger partial charge in [-0.25, -0.2) is 4.79 Å². The standard InChI is InChI=1S/C13H26N4O3Si/c1-9-11(20-21(5,6)13(2,3)4)7-10(15-16-14)8-17(9)12(18)19/h9-11H,7-8H2,1-6H3,(H,18,19)/t9-,10+,11-/m0/s1. The maximum absolute atomic E-state index is 11.4. The van der Waals surface area contributed by atoms with Gasteiger partial charge in [-0.15, -0.1) is 0 Å². The third-order valence-corrected chi connectivity index (χ3v) is 9.16. The SMILES string of the molecule is C[C@H]1[C@@H](O[Si](C)(C)C(C)(C)C)C[C@@H](N=[N+]=[N-])CN1C(=O)O. The van der Waals surface area contributed by atoms with Gasteiger partial charge in [0.05, 0.1) is 18.2 Å². The van der Waals surface area contributed by atoms with Crippen molar-refractivity contribution in [2.75, 3.05) is 6.54 Å². The molecule has 0 radical (unpaired) electrons. The van der Waals surface area contributed by atoms with Crippen molar-refractivity contribution in [1.29, 1.82) is 0 Å². The highest BCUT2D eigenvalue weighted by Gasteiger charge is 2.44. The molecule has 8 heteroatoms. The Morgan fingerprint density at radius 2 is 2.05 bits per heavy atom. The van der Waals surface area contributed by atoms with Crippen LogP contribution in [-0.2, 0) is 4.43 Å². The van der Waals surface area contributed by atoms with Crippen LogP contribution >= 0.6 is 0 Å². The first-order valence-electron chi connectivity index (χ1n) is 7.21. The zero-order chi connectivity index (χ0) is 16.4. The average molecular weight is 314 g/mol. The summed E-state index contributed by atoms with van der Waals surface area (Å²) in [5, 5.41) is 13.1. The summed E-state index contributed by atoms with van der Waals surface area (Å²) in [6.07, 6.45) is -0.656. The molecule has 0 bridgehead atoms. The van der Waals surface area contributed by atoms with E-state index in [-0.39, 0.29) is 29.8 Å². The summed E-state index contributed by atoms with van der Waals surface area (Å²) in [6.45, 7) is 12.8. The van der Waals surface area contributed by atoms with E-state index in [4.69, 9.17) is 9.96 Å². The van der Waals surface area contributed by atoms with Crippen molar-refractivity contribution in [3.05, 3.63) is 10.4 Å². The molecule has 0 spiro atoms. The summed E-state index contributed by atoms with van der Waals surface area (Å²) in [4.78, 5) is 15.5. The average Bonchev–Trinajstić information content (AvgIpc) is 2.31. The van der Waals surface area contributed by atoms with Crippen LogP contribution in [0.15, 0.2) is 5.11 Å². The van der Waals surface area contributed by atoms with E-state index < -0.39 is 14.4 Å². The normalized spacial score (nSPS) is 27.1. The number of hydrogen-bond acceptors (Lipinski definition) is 3. The first-order valence-corrected chi connectivity index (χ1v) is 10.1. The molecule has 0 aliphatic carbocycles. The smallest absolute Gasteiger partial charge is 0.407 e. The summed E-state index contributed by atoms with van der Waals surface area (Å²) in [7, 11) is -2.01. The summed E-state index contributed by atoms with van der Waals surface area (Å²) in [5.74, 6) is 0. The van der Waals surface area contributed by atoms with Crippen LogP contribution in [0.2, 0.25) is 18.1 Å². The molecule has 0 aromatic carbocycles. The maximum Gasteiger partial charge on any atom is 0.407 e. The monoisotopic (exact) mass is 314 g/mol. The Morgan fingerprint density at radius 3 is 2.48 bits per heavy atom. The van der Waals surface area contributed by atoms with Gasteiger partial charge in [0.2, 0.25) is 0 Å². The van der Waals surface area contributed by atoms with Gasteiger partial charge in [0.1, 0.15) is 0 Å². The third-order valence-electron chi connectivity index (χ3n) is 4.65. The minimum Gasteiger partial charge on any atom is -0.465 e. The Hall–Kier alpha value is -1.24. The van der Waals surface area contributed by atoms with E-state index in [2.05, 4.69) is 43.9 Å². The van der Waals surface area contributed by atoms with Crippen molar-refractivity contribution in [3.63, 3.8) is 0 Å².